The number of hydrogen-bond donors (Lipinski definition) is 1. The van der Waals surface area contributed by atoms with Gasteiger partial charge in [0.15, 0.2) is 0 Å². The predicted molar refractivity (Wildman–Crippen MR) is 83.7 cm³/mol. The van der Waals surface area contributed by atoms with E-state index in [-0.39, 0.29) is 5.97 Å². The number of furan rings is 1. The molecule has 0 amide bonds. The number of carbonyl (C=O) groups is 1. The summed E-state index contributed by atoms with van der Waals surface area (Å²) in [6.45, 7) is 3.24. The number of methoxy groups -OCH3 is 1. The lowest BCUT2D eigenvalue weighted by Gasteiger charge is -2.03. The van der Waals surface area contributed by atoms with Crippen LogP contribution in [0.2, 0.25) is 0 Å². The van der Waals surface area contributed by atoms with Gasteiger partial charge in [-0.2, -0.15) is 0 Å². The molecule has 112 valence electrons. The van der Waals surface area contributed by atoms with Crippen LogP contribution in [0.1, 0.15) is 21.9 Å². The minimum absolute atomic E-state index is 0.359. The average molecular weight is 305 g/mol. The van der Waals surface area contributed by atoms with Gasteiger partial charge in [0.05, 0.1) is 13.7 Å². The molecule has 4 nitrogen and oxygen atoms in total. The second kappa shape index (κ2) is 7.90. The monoisotopic (exact) mass is 305 g/mol. The van der Waals surface area contributed by atoms with Gasteiger partial charge in [-0.3, -0.25) is 0 Å². The molecule has 0 radical (unpaired) electrons. The van der Waals surface area contributed by atoms with E-state index >= 15 is 0 Å². The van der Waals surface area contributed by atoms with Crippen molar-refractivity contribution in [1.82, 2.24) is 5.32 Å². The maximum atomic E-state index is 11.5. The molecule has 2 rings (SSSR count). The van der Waals surface area contributed by atoms with Crippen LogP contribution >= 0.6 is 11.8 Å². The quantitative estimate of drug-likeness (QED) is 0.483. The van der Waals surface area contributed by atoms with Crippen molar-refractivity contribution in [3.05, 3.63) is 53.5 Å². The number of ether oxygens (including phenoxy) is 1. The minimum Gasteiger partial charge on any atom is -0.465 e. The lowest BCUT2D eigenvalue weighted by atomic mass is 10.2. The second-order valence-corrected chi connectivity index (χ2v) is 5.68. The molecule has 2 aromatic rings. The molecule has 0 saturated carbocycles. The van der Waals surface area contributed by atoms with Gasteiger partial charge in [-0.25, -0.2) is 4.79 Å². The SMILES string of the molecule is COC(=O)c1cc(CNCCSc2ccccc2)oc1C. The van der Waals surface area contributed by atoms with E-state index in [1.807, 2.05) is 18.2 Å². The van der Waals surface area contributed by atoms with E-state index < -0.39 is 0 Å². The van der Waals surface area contributed by atoms with Crippen molar-refractivity contribution in [2.45, 2.75) is 18.4 Å². The molecule has 0 saturated heterocycles. The Morgan fingerprint density at radius 2 is 2.10 bits per heavy atom. The van der Waals surface area contributed by atoms with Crippen LogP contribution in [0.3, 0.4) is 0 Å². The number of thioether (sulfide) groups is 1. The van der Waals surface area contributed by atoms with Crippen molar-refractivity contribution in [2.75, 3.05) is 19.4 Å². The van der Waals surface area contributed by atoms with E-state index in [9.17, 15) is 4.79 Å². The maximum absolute atomic E-state index is 11.5. The van der Waals surface area contributed by atoms with Crippen LogP contribution in [0, 0.1) is 6.92 Å². The molecule has 21 heavy (non-hydrogen) atoms. The van der Waals surface area contributed by atoms with E-state index in [4.69, 9.17) is 9.15 Å². The predicted octanol–water partition coefficient (Wildman–Crippen LogP) is 3.26. The van der Waals surface area contributed by atoms with Crippen molar-refractivity contribution in [3.63, 3.8) is 0 Å². The zero-order chi connectivity index (χ0) is 15.1. The number of rotatable bonds is 7. The van der Waals surface area contributed by atoms with Crippen LogP contribution in [0.5, 0.6) is 0 Å². The molecular weight excluding hydrogens is 286 g/mol. The Balaban J connectivity index is 1.73. The highest BCUT2D eigenvalue weighted by atomic mass is 32.2. The molecule has 0 fully saturated rings. The van der Waals surface area contributed by atoms with Crippen LogP contribution in [0.25, 0.3) is 0 Å². The summed E-state index contributed by atoms with van der Waals surface area (Å²) in [4.78, 5) is 12.7. The highest BCUT2D eigenvalue weighted by molar-refractivity contribution is 7.99. The van der Waals surface area contributed by atoms with Crippen LogP contribution in [0.4, 0.5) is 0 Å². The highest BCUT2D eigenvalue weighted by Gasteiger charge is 2.14. The Kier molecular flexibility index (Phi) is 5.90. The number of hydrogen-bond acceptors (Lipinski definition) is 5. The lowest BCUT2D eigenvalue weighted by Crippen LogP contribution is -2.16. The lowest BCUT2D eigenvalue weighted by molar-refractivity contribution is 0.0599. The largest absolute Gasteiger partial charge is 0.465 e. The summed E-state index contributed by atoms with van der Waals surface area (Å²) in [6.07, 6.45) is 0. The van der Waals surface area contributed by atoms with Gasteiger partial charge in [-0.15, -0.1) is 11.8 Å². The molecule has 1 heterocycles. The summed E-state index contributed by atoms with van der Waals surface area (Å²) >= 11 is 1.81. The summed E-state index contributed by atoms with van der Waals surface area (Å²) in [7, 11) is 1.37. The zero-order valence-corrected chi connectivity index (χ0v) is 13.0. The van der Waals surface area contributed by atoms with Gasteiger partial charge in [0.1, 0.15) is 17.1 Å². The van der Waals surface area contributed by atoms with Crippen molar-refractivity contribution in [2.24, 2.45) is 0 Å². The molecule has 1 N–H and O–H groups in total. The number of benzene rings is 1. The van der Waals surface area contributed by atoms with Gasteiger partial charge in [-0.1, -0.05) is 18.2 Å². The van der Waals surface area contributed by atoms with E-state index in [1.165, 1.54) is 12.0 Å². The van der Waals surface area contributed by atoms with E-state index in [2.05, 4.69) is 17.4 Å². The van der Waals surface area contributed by atoms with Crippen LogP contribution in [-0.4, -0.2) is 25.4 Å². The minimum atomic E-state index is -0.359. The third-order valence-electron chi connectivity index (χ3n) is 2.96. The van der Waals surface area contributed by atoms with Crippen LogP contribution < -0.4 is 5.32 Å². The van der Waals surface area contributed by atoms with E-state index in [0.717, 1.165) is 18.1 Å². The number of nitrogens with one attached hydrogen (secondary N) is 1. The van der Waals surface area contributed by atoms with Gasteiger partial charge in [0.2, 0.25) is 0 Å². The fraction of sp³-hybridized carbons (Fsp3) is 0.312. The first kappa shape index (κ1) is 15.7. The third-order valence-corrected chi connectivity index (χ3v) is 3.98. The molecule has 1 aromatic heterocycles. The number of aryl methyl sites for hydroxylation is 1. The fourth-order valence-corrected chi connectivity index (χ4v) is 2.74. The molecule has 0 unspecified atom stereocenters. The Morgan fingerprint density at radius 3 is 2.81 bits per heavy atom. The molecule has 0 aliphatic carbocycles. The van der Waals surface area contributed by atoms with Gasteiger partial charge >= 0.3 is 5.97 Å². The maximum Gasteiger partial charge on any atom is 0.341 e. The summed E-state index contributed by atoms with van der Waals surface area (Å²) in [6, 6.07) is 12.0. The summed E-state index contributed by atoms with van der Waals surface area (Å²) in [5.41, 5.74) is 0.493. The first-order valence-electron chi connectivity index (χ1n) is 6.77. The summed E-state index contributed by atoms with van der Waals surface area (Å²) in [5, 5.41) is 3.30. The first-order chi connectivity index (χ1) is 10.2. The van der Waals surface area contributed by atoms with Gasteiger partial charge in [0.25, 0.3) is 0 Å². The van der Waals surface area contributed by atoms with E-state index in [1.54, 1.807) is 24.8 Å². The smallest absolute Gasteiger partial charge is 0.341 e. The second-order valence-electron chi connectivity index (χ2n) is 4.51. The Hall–Kier alpha value is -1.72. The summed E-state index contributed by atoms with van der Waals surface area (Å²) in [5.74, 6) is 1.96. The van der Waals surface area contributed by atoms with Gasteiger partial charge in [-0.05, 0) is 25.1 Å². The topological polar surface area (TPSA) is 51.5 Å². The fourth-order valence-electron chi connectivity index (χ4n) is 1.91. The summed E-state index contributed by atoms with van der Waals surface area (Å²) < 4.78 is 10.2. The van der Waals surface area contributed by atoms with Crippen molar-refractivity contribution >= 4 is 17.7 Å². The van der Waals surface area contributed by atoms with Crippen molar-refractivity contribution < 1.29 is 13.9 Å². The first-order valence-corrected chi connectivity index (χ1v) is 7.75. The normalized spacial score (nSPS) is 10.6. The average Bonchev–Trinajstić information content (AvgIpc) is 2.88. The Labute approximate surface area is 128 Å². The third kappa shape index (κ3) is 4.65. The Morgan fingerprint density at radius 1 is 1.33 bits per heavy atom. The Bertz CT molecular complexity index is 580. The number of carbonyl (C=O) groups excluding carboxylic acids is 1. The number of esters is 1. The molecule has 0 aliphatic heterocycles. The molecule has 1 aromatic carbocycles. The molecule has 0 atom stereocenters. The molecule has 0 spiro atoms. The standard InChI is InChI=1S/C16H19NO3S/c1-12-15(16(18)19-2)10-13(20-12)11-17-8-9-21-14-6-4-3-5-7-14/h3-7,10,17H,8-9,11H2,1-2H3. The van der Waals surface area contributed by atoms with Crippen LogP contribution in [0.15, 0.2) is 45.7 Å². The zero-order valence-electron chi connectivity index (χ0n) is 12.2. The molecule has 5 heteroatoms. The molecule has 0 aliphatic rings. The van der Waals surface area contributed by atoms with Gasteiger partial charge < -0.3 is 14.5 Å². The van der Waals surface area contributed by atoms with E-state index in [0.29, 0.717) is 17.9 Å². The van der Waals surface area contributed by atoms with Crippen LogP contribution in [-0.2, 0) is 11.3 Å². The van der Waals surface area contributed by atoms with Crippen molar-refractivity contribution in [1.29, 1.82) is 0 Å². The molecular formula is C16H19NO3S. The highest BCUT2D eigenvalue weighted by Crippen LogP contribution is 2.17. The van der Waals surface area contributed by atoms with Gasteiger partial charge in [0, 0.05) is 17.2 Å². The van der Waals surface area contributed by atoms with Crippen molar-refractivity contribution in [3.8, 4) is 0 Å². The molecule has 0 bridgehead atoms.